The molecule has 2 aromatic carbocycles. The minimum Gasteiger partial charge on any atom is -0.496 e. The van der Waals surface area contributed by atoms with Crippen molar-refractivity contribution < 1.29 is 9.15 Å². The molecule has 2 N–H and O–H groups in total. The number of nitrogens with one attached hydrogen (secondary N) is 2. The Balaban J connectivity index is 1.66. The van der Waals surface area contributed by atoms with Crippen molar-refractivity contribution in [2.24, 2.45) is 5.92 Å². The van der Waals surface area contributed by atoms with Crippen LogP contribution in [-0.4, -0.2) is 33.6 Å². The Morgan fingerprint density at radius 1 is 1.00 bits per heavy atom. The van der Waals surface area contributed by atoms with E-state index < -0.39 is 0 Å². The van der Waals surface area contributed by atoms with Crippen molar-refractivity contribution in [1.29, 1.82) is 0 Å². The van der Waals surface area contributed by atoms with Crippen molar-refractivity contribution in [2.75, 3.05) is 24.3 Å². The predicted molar refractivity (Wildman–Crippen MR) is 120 cm³/mol. The van der Waals surface area contributed by atoms with Gasteiger partial charge in [-0.2, -0.15) is 15.0 Å². The molecule has 31 heavy (non-hydrogen) atoms. The maximum Gasteiger partial charge on any atom is 0.232 e. The molecule has 2 heterocycles. The Kier molecular flexibility index (Phi) is 6.07. The molecule has 4 rings (SSSR count). The third-order valence-electron chi connectivity index (χ3n) is 4.49. The summed E-state index contributed by atoms with van der Waals surface area (Å²) in [5.74, 6) is 3.30. The average molecular weight is 416 g/mol. The molecule has 8 heteroatoms. The van der Waals surface area contributed by atoms with Crippen LogP contribution < -0.4 is 15.4 Å². The van der Waals surface area contributed by atoms with Crippen LogP contribution in [-0.2, 0) is 0 Å². The van der Waals surface area contributed by atoms with E-state index in [-0.39, 0.29) is 0 Å². The van der Waals surface area contributed by atoms with Gasteiger partial charge in [0.1, 0.15) is 5.75 Å². The quantitative estimate of drug-likeness (QED) is 0.413. The molecule has 4 aromatic rings. The lowest BCUT2D eigenvalue weighted by atomic mass is 10.1. The molecule has 0 aliphatic rings. The number of nitrogens with zero attached hydrogens (tertiary/aromatic N) is 4. The number of anilines is 3. The predicted octanol–water partition coefficient (Wildman–Crippen LogP) is 5.01. The van der Waals surface area contributed by atoms with Crippen molar-refractivity contribution in [3.8, 4) is 28.5 Å². The Morgan fingerprint density at radius 3 is 2.52 bits per heavy atom. The molecule has 0 spiro atoms. The topological polar surface area (TPSA) is 98.0 Å². The molecular weight excluding hydrogens is 392 g/mol. The van der Waals surface area contributed by atoms with Crippen LogP contribution >= 0.6 is 0 Å². The molecule has 2 aromatic heterocycles. The Hall–Kier alpha value is -3.94. The summed E-state index contributed by atoms with van der Waals surface area (Å²) in [6.45, 7) is 5.03. The molecule has 0 unspecified atom stereocenters. The average Bonchev–Trinajstić information content (AvgIpc) is 3.33. The number of aromatic nitrogens is 4. The molecule has 0 amide bonds. The van der Waals surface area contributed by atoms with Crippen molar-refractivity contribution in [1.82, 2.24) is 19.9 Å². The first-order valence-electron chi connectivity index (χ1n) is 10.0. The van der Waals surface area contributed by atoms with Gasteiger partial charge in [-0.25, -0.2) is 4.98 Å². The van der Waals surface area contributed by atoms with Gasteiger partial charge in [-0.05, 0) is 18.1 Å². The van der Waals surface area contributed by atoms with E-state index in [4.69, 9.17) is 9.15 Å². The lowest BCUT2D eigenvalue weighted by Crippen LogP contribution is -2.12. The number of rotatable bonds is 8. The van der Waals surface area contributed by atoms with Gasteiger partial charge in [0.15, 0.2) is 18.0 Å². The number of oxazole rings is 1. The molecule has 0 bridgehead atoms. The highest BCUT2D eigenvalue weighted by atomic mass is 16.5. The Labute approximate surface area is 180 Å². The standard InChI is InChI=1S/C23H24N6O2/c1-15(2)12-25-22-27-21(16-7-5-4-6-8-16)28-23(29-22)26-17-9-10-18(19(11-17)30-3)20-13-24-14-31-20/h4-11,13-15H,12H2,1-3H3,(H2,25,26,27,28,29). The minimum absolute atomic E-state index is 0.439. The Morgan fingerprint density at radius 2 is 1.81 bits per heavy atom. The van der Waals surface area contributed by atoms with Crippen LogP contribution in [0.15, 0.2) is 65.5 Å². The monoisotopic (exact) mass is 416 g/mol. The van der Waals surface area contributed by atoms with Gasteiger partial charge in [-0.15, -0.1) is 0 Å². The molecule has 8 nitrogen and oxygen atoms in total. The number of ether oxygens (including phenoxy) is 1. The second kappa shape index (κ2) is 9.25. The van der Waals surface area contributed by atoms with Crippen molar-refractivity contribution in [2.45, 2.75) is 13.8 Å². The van der Waals surface area contributed by atoms with Gasteiger partial charge in [-0.3, -0.25) is 0 Å². The maximum absolute atomic E-state index is 5.54. The molecule has 0 saturated carbocycles. The van der Waals surface area contributed by atoms with Crippen LogP contribution in [0.3, 0.4) is 0 Å². The van der Waals surface area contributed by atoms with Crippen molar-refractivity contribution >= 4 is 17.6 Å². The fourth-order valence-corrected chi connectivity index (χ4v) is 2.97. The summed E-state index contributed by atoms with van der Waals surface area (Å²) >= 11 is 0. The number of methoxy groups -OCH3 is 1. The molecule has 0 aliphatic carbocycles. The van der Waals surface area contributed by atoms with Gasteiger partial charge >= 0.3 is 0 Å². The second-order valence-electron chi connectivity index (χ2n) is 7.35. The summed E-state index contributed by atoms with van der Waals surface area (Å²) in [5, 5.41) is 6.55. The zero-order chi connectivity index (χ0) is 21.6. The summed E-state index contributed by atoms with van der Waals surface area (Å²) in [4.78, 5) is 17.7. The van der Waals surface area contributed by atoms with Crippen molar-refractivity contribution in [3.63, 3.8) is 0 Å². The van der Waals surface area contributed by atoms with Crippen LogP contribution in [0.4, 0.5) is 17.6 Å². The highest BCUT2D eigenvalue weighted by molar-refractivity contribution is 5.71. The van der Waals surface area contributed by atoms with Crippen LogP contribution in [0.25, 0.3) is 22.7 Å². The highest BCUT2D eigenvalue weighted by Gasteiger charge is 2.13. The molecular formula is C23H24N6O2. The van der Waals surface area contributed by atoms with Gasteiger partial charge in [-0.1, -0.05) is 44.2 Å². The van der Waals surface area contributed by atoms with E-state index in [1.54, 1.807) is 13.3 Å². The summed E-state index contributed by atoms with van der Waals surface area (Å²) in [6.07, 6.45) is 3.04. The lowest BCUT2D eigenvalue weighted by molar-refractivity contribution is 0.415. The van der Waals surface area contributed by atoms with Gasteiger partial charge in [0, 0.05) is 23.9 Å². The molecule has 0 aliphatic heterocycles. The highest BCUT2D eigenvalue weighted by Crippen LogP contribution is 2.33. The lowest BCUT2D eigenvalue weighted by Gasteiger charge is -2.13. The van der Waals surface area contributed by atoms with E-state index in [0.717, 1.165) is 23.4 Å². The van der Waals surface area contributed by atoms with E-state index in [9.17, 15) is 0 Å². The third-order valence-corrected chi connectivity index (χ3v) is 4.49. The first-order chi connectivity index (χ1) is 15.1. The van der Waals surface area contributed by atoms with E-state index in [2.05, 4.69) is 44.4 Å². The van der Waals surface area contributed by atoms with Gasteiger partial charge in [0.25, 0.3) is 0 Å². The third kappa shape index (κ3) is 4.98. The summed E-state index contributed by atoms with van der Waals surface area (Å²) in [5.41, 5.74) is 2.50. The fraction of sp³-hybridized carbons (Fsp3) is 0.217. The van der Waals surface area contributed by atoms with E-state index in [1.165, 1.54) is 6.39 Å². The number of hydrogen-bond acceptors (Lipinski definition) is 8. The van der Waals surface area contributed by atoms with E-state index in [1.807, 2.05) is 48.5 Å². The number of hydrogen-bond donors (Lipinski definition) is 2. The SMILES string of the molecule is COc1cc(Nc2nc(NCC(C)C)nc(-c3ccccc3)n2)ccc1-c1cnco1. The molecule has 0 saturated heterocycles. The normalized spacial score (nSPS) is 10.8. The van der Waals surface area contributed by atoms with E-state index in [0.29, 0.717) is 35.1 Å². The van der Waals surface area contributed by atoms with Crippen LogP contribution in [0.1, 0.15) is 13.8 Å². The van der Waals surface area contributed by atoms with Crippen LogP contribution in [0.2, 0.25) is 0 Å². The maximum atomic E-state index is 5.54. The first kappa shape index (κ1) is 20.3. The molecule has 0 radical (unpaired) electrons. The van der Waals surface area contributed by atoms with Crippen LogP contribution in [0, 0.1) is 5.92 Å². The van der Waals surface area contributed by atoms with E-state index >= 15 is 0 Å². The van der Waals surface area contributed by atoms with Crippen LogP contribution in [0.5, 0.6) is 5.75 Å². The minimum atomic E-state index is 0.439. The fourth-order valence-electron chi connectivity index (χ4n) is 2.97. The molecule has 158 valence electrons. The first-order valence-corrected chi connectivity index (χ1v) is 10.0. The summed E-state index contributed by atoms with van der Waals surface area (Å²) < 4.78 is 10.9. The van der Waals surface area contributed by atoms with Gasteiger partial charge < -0.3 is 19.8 Å². The largest absolute Gasteiger partial charge is 0.496 e. The smallest absolute Gasteiger partial charge is 0.232 e. The second-order valence-corrected chi connectivity index (χ2v) is 7.35. The Bertz CT molecular complexity index is 1130. The number of benzene rings is 2. The van der Waals surface area contributed by atoms with Gasteiger partial charge in [0.05, 0.1) is 18.9 Å². The zero-order valence-electron chi connectivity index (χ0n) is 17.7. The summed E-state index contributed by atoms with van der Waals surface area (Å²) in [6, 6.07) is 15.5. The molecule has 0 fully saturated rings. The summed E-state index contributed by atoms with van der Waals surface area (Å²) in [7, 11) is 1.61. The molecule has 0 atom stereocenters. The van der Waals surface area contributed by atoms with Crippen molar-refractivity contribution in [3.05, 3.63) is 61.1 Å². The van der Waals surface area contributed by atoms with Gasteiger partial charge in [0.2, 0.25) is 11.9 Å². The zero-order valence-corrected chi connectivity index (χ0v) is 17.7.